The number of alkyl halides is 6. The number of rotatable bonds is 4. The van der Waals surface area contributed by atoms with Gasteiger partial charge in [0.2, 0.25) is 0 Å². The molecule has 5 nitrogen and oxygen atoms in total. The van der Waals surface area contributed by atoms with Gasteiger partial charge in [-0.1, -0.05) is 18.2 Å². The van der Waals surface area contributed by atoms with Crippen molar-refractivity contribution in [2.24, 2.45) is 0 Å². The molecule has 1 atom stereocenters. The zero-order chi connectivity index (χ0) is 28.7. The molecule has 0 bridgehead atoms. The van der Waals surface area contributed by atoms with Crippen molar-refractivity contribution in [3.8, 4) is 22.3 Å². The fourth-order valence-corrected chi connectivity index (χ4v) is 4.82. The van der Waals surface area contributed by atoms with Gasteiger partial charge in [-0.05, 0) is 65.6 Å². The van der Waals surface area contributed by atoms with Gasteiger partial charge in [-0.25, -0.2) is 0 Å². The molecule has 1 N–H and O–H groups in total. The van der Waals surface area contributed by atoms with Crippen LogP contribution in [0.1, 0.15) is 33.5 Å². The Balaban J connectivity index is 1.58. The number of likely N-dealkylation sites (tertiary alicyclic amines) is 1. The van der Waals surface area contributed by atoms with E-state index in [-0.39, 0.29) is 47.8 Å². The van der Waals surface area contributed by atoms with Gasteiger partial charge < -0.3 is 10.0 Å². The highest BCUT2D eigenvalue weighted by atomic mass is 19.4. The lowest BCUT2D eigenvalue weighted by atomic mass is 9.91. The van der Waals surface area contributed by atoms with Gasteiger partial charge in [0.05, 0.1) is 17.7 Å². The number of carbonyl (C=O) groups is 1. The van der Waals surface area contributed by atoms with Crippen LogP contribution in [0.15, 0.2) is 85.5 Å². The van der Waals surface area contributed by atoms with Crippen molar-refractivity contribution < 1.29 is 36.2 Å². The topological polar surface area (TPSA) is 66.3 Å². The number of benzene rings is 2. The number of nitrogens with zero attached hydrogens (tertiary/aromatic N) is 3. The molecule has 1 fully saturated rings. The molecule has 206 valence electrons. The minimum absolute atomic E-state index is 0.00985. The number of β-amino-alcohol motifs (C(OH)–C–C–N with tert-alkyl or cyclic N) is 1. The molecule has 0 aliphatic carbocycles. The van der Waals surface area contributed by atoms with Gasteiger partial charge in [0, 0.05) is 48.0 Å². The molecule has 3 heterocycles. The Morgan fingerprint density at radius 1 is 0.800 bits per heavy atom. The summed E-state index contributed by atoms with van der Waals surface area (Å²) in [7, 11) is 0. The monoisotopic (exact) mass is 557 g/mol. The first-order valence-corrected chi connectivity index (χ1v) is 12.1. The van der Waals surface area contributed by atoms with Crippen LogP contribution in [-0.2, 0) is 18.0 Å². The Hall–Kier alpha value is -4.25. The predicted octanol–water partition coefficient (Wildman–Crippen LogP) is 6.58. The van der Waals surface area contributed by atoms with Crippen LogP contribution in [0, 0.1) is 0 Å². The molecule has 40 heavy (non-hydrogen) atoms. The van der Waals surface area contributed by atoms with Crippen LogP contribution in [-0.4, -0.2) is 39.0 Å². The van der Waals surface area contributed by atoms with Gasteiger partial charge in [-0.15, -0.1) is 0 Å². The Bertz CT molecular complexity index is 1510. The van der Waals surface area contributed by atoms with Gasteiger partial charge in [0.1, 0.15) is 5.60 Å². The largest absolute Gasteiger partial charge is 0.416 e. The number of hydrogen-bond donors (Lipinski definition) is 1. The predicted molar refractivity (Wildman–Crippen MR) is 134 cm³/mol. The normalized spacial score (nSPS) is 17.7. The summed E-state index contributed by atoms with van der Waals surface area (Å²) in [5.74, 6) is -0.448. The van der Waals surface area contributed by atoms with Crippen LogP contribution >= 0.6 is 0 Å². The van der Waals surface area contributed by atoms with Crippen molar-refractivity contribution in [2.45, 2.75) is 24.4 Å². The first-order chi connectivity index (χ1) is 18.8. The molecular formula is C29H21F6N3O2. The third kappa shape index (κ3) is 5.42. The summed E-state index contributed by atoms with van der Waals surface area (Å²) in [5.41, 5.74) is -3.10. The van der Waals surface area contributed by atoms with Crippen LogP contribution in [0.3, 0.4) is 0 Å². The van der Waals surface area contributed by atoms with E-state index in [4.69, 9.17) is 0 Å². The van der Waals surface area contributed by atoms with Crippen LogP contribution in [0.5, 0.6) is 0 Å². The molecule has 1 unspecified atom stereocenters. The molecule has 11 heteroatoms. The SMILES string of the molecule is O=C(c1ccc(-c2cc(C(F)(F)F)cc(C(F)(F)F)c2)c(-c2cccnc2)c1)N1CCC(O)(c2cccnc2)C1. The number of aliphatic hydroxyl groups is 1. The highest BCUT2D eigenvalue weighted by Gasteiger charge is 2.40. The molecular weight excluding hydrogens is 536 g/mol. The van der Waals surface area contributed by atoms with Crippen molar-refractivity contribution in [1.82, 2.24) is 14.9 Å². The summed E-state index contributed by atoms with van der Waals surface area (Å²) in [6, 6.07) is 12.0. The summed E-state index contributed by atoms with van der Waals surface area (Å²) < 4.78 is 81.3. The summed E-state index contributed by atoms with van der Waals surface area (Å²) in [4.78, 5) is 22.9. The minimum atomic E-state index is -5.01. The molecule has 2 aromatic carbocycles. The molecule has 1 aliphatic rings. The van der Waals surface area contributed by atoms with Crippen LogP contribution in [0.25, 0.3) is 22.3 Å². The zero-order valence-electron chi connectivity index (χ0n) is 20.7. The molecule has 0 spiro atoms. The minimum Gasteiger partial charge on any atom is -0.383 e. The van der Waals surface area contributed by atoms with E-state index in [1.807, 2.05) is 0 Å². The van der Waals surface area contributed by atoms with E-state index in [9.17, 15) is 36.2 Å². The average molecular weight is 557 g/mol. The van der Waals surface area contributed by atoms with E-state index in [0.29, 0.717) is 23.3 Å². The second-order valence-electron chi connectivity index (χ2n) is 9.55. The van der Waals surface area contributed by atoms with E-state index < -0.39 is 35.0 Å². The van der Waals surface area contributed by atoms with Gasteiger partial charge in [0.25, 0.3) is 5.91 Å². The van der Waals surface area contributed by atoms with Gasteiger partial charge in [-0.2, -0.15) is 26.3 Å². The van der Waals surface area contributed by atoms with E-state index in [2.05, 4.69) is 9.97 Å². The maximum absolute atomic E-state index is 13.6. The Morgan fingerprint density at radius 3 is 2.02 bits per heavy atom. The summed E-state index contributed by atoms with van der Waals surface area (Å²) in [6.45, 7) is 0.223. The van der Waals surface area contributed by atoms with E-state index in [0.717, 1.165) is 0 Å². The first kappa shape index (κ1) is 27.3. The third-order valence-electron chi connectivity index (χ3n) is 6.87. The third-order valence-corrected chi connectivity index (χ3v) is 6.87. The Morgan fingerprint density at radius 2 is 1.45 bits per heavy atom. The average Bonchev–Trinajstić information content (AvgIpc) is 3.35. The lowest BCUT2D eigenvalue weighted by Gasteiger charge is -2.24. The second-order valence-corrected chi connectivity index (χ2v) is 9.55. The van der Waals surface area contributed by atoms with Gasteiger partial charge >= 0.3 is 12.4 Å². The van der Waals surface area contributed by atoms with Crippen molar-refractivity contribution in [3.63, 3.8) is 0 Å². The summed E-state index contributed by atoms with van der Waals surface area (Å²) in [6.07, 6.45) is -3.80. The maximum atomic E-state index is 13.6. The molecule has 2 aromatic heterocycles. The molecule has 0 radical (unpaired) electrons. The molecule has 0 saturated carbocycles. The first-order valence-electron chi connectivity index (χ1n) is 12.1. The zero-order valence-corrected chi connectivity index (χ0v) is 20.7. The Labute approximate surface area is 224 Å². The molecule has 4 aromatic rings. The number of hydrogen-bond acceptors (Lipinski definition) is 4. The molecule has 1 aliphatic heterocycles. The fourth-order valence-electron chi connectivity index (χ4n) is 4.82. The maximum Gasteiger partial charge on any atom is 0.416 e. The summed E-state index contributed by atoms with van der Waals surface area (Å²) in [5, 5.41) is 11.1. The smallest absolute Gasteiger partial charge is 0.383 e. The highest BCUT2D eigenvalue weighted by Crippen LogP contribution is 2.41. The number of amides is 1. The van der Waals surface area contributed by atoms with Gasteiger partial charge in [0.15, 0.2) is 0 Å². The highest BCUT2D eigenvalue weighted by molar-refractivity contribution is 5.98. The lowest BCUT2D eigenvalue weighted by Crippen LogP contribution is -2.34. The van der Waals surface area contributed by atoms with E-state index >= 15 is 0 Å². The van der Waals surface area contributed by atoms with Crippen molar-refractivity contribution in [1.29, 1.82) is 0 Å². The van der Waals surface area contributed by atoms with Gasteiger partial charge in [-0.3, -0.25) is 14.8 Å². The number of pyridine rings is 2. The van der Waals surface area contributed by atoms with Crippen molar-refractivity contribution in [3.05, 3.63) is 108 Å². The fraction of sp³-hybridized carbons (Fsp3) is 0.207. The van der Waals surface area contributed by atoms with Crippen molar-refractivity contribution in [2.75, 3.05) is 13.1 Å². The molecule has 5 rings (SSSR count). The lowest BCUT2D eigenvalue weighted by molar-refractivity contribution is -0.143. The van der Waals surface area contributed by atoms with Crippen LogP contribution in [0.4, 0.5) is 26.3 Å². The quantitative estimate of drug-likeness (QED) is 0.288. The molecule has 1 saturated heterocycles. The standard InChI is InChI=1S/C29H21F6N3O2/c30-28(31,32)22-11-20(12-23(14-22)29(33,34)35)24-6-5-18(13-25(24)19-3-1-8-36-15-19)26(39)38-10-7-27(40,17-38)21-4-2-9-37-16-21/h1-6,8-9,11-16,40H,7,10,17H2. The number of aromatic nitrogens is 2. The summed E-state index contributed by atoms with van der Waals surface area (Å²) >= 11 is 0. The second kappa shape index (κ2) is 10.1. The Kier molecular flexibility index (Phi) is 6.87. The number of carbonyl (C=O) groups excluding carboxylic acids is 1. The molecule has 1 amide bonds. The van der Waals surface area contributed by atoms with Crippen LogP contribution < -0.4 is 0 Å². The van der Waals surface area contributed by atoms with Crippen molar-refractivity contribution >= 4 is 5.91 Å². The van der Waals surface area contributed by atoms with E-state index in [1.165, 1.54) is 41.7 Å². The number of halogens is 6. The van der Waals surface area contributed by atoms with E-state index in [1.54, 1.807) is 30.5 Å². The van der Waals surface area contributed by atoms with Crippen LogP contribution in [0.2, 0.25) is 0 Å².